The summed E-state index contributed by atoms with van der Waals surface area (Å²) in [6.07, 6.45) is 0. The molecule has 3 N–H and O–H groups in total. The quantitative estimate of drug-likeness (QED) is 0.378. The fourth-order valence-corrected chi connectivity index (χ4v) is 3.76. The maximum atomic E-state index is 9.02. The van der Waals surface area contributed by atoms with Crippen LogP contribution in [-0.2, 0) is 0 Å². The second-order valence-corrected chi connectivity index (χ2v) is 7.56. The Morgan fingerprint density at radius 3 is 2.80 bits per heavy atom. The summed E-state index contributed by atoms with van der Waals surface area (Å²) in [5.74, 6) is 1.20. The lowest BCUT2D eigenvalue weighted by Crippen LogP contribution is -2.44. The van der Waals surface area contributed by atoms with E-state index in [-0.39, 0.29) is 10.6 Å². The molecule has 6 heteroatoms. The van der Waals surface area contributed by atoms with Gasteiger partial charge in [-0.05, 0) is 33.8 Å². The molecule has 0 atom stereocenters. The summed E-state index contributed by atoms with van der Waals surface area (Å²) < 4.78 is 0.200. The zero-order valence-corrected chi connectivity index (χ0v) is 13.3. The van der Waals surface area contributed by atoms with Crippen LogP contribution in [-0.4, -0.2) is 39.6 Å². The third kappa shape index (κ3) is 3.00. The molecule has 0 radical (unpaired) electrons. The number of hydrogen-bond acceptors (Lipinski definition) is 5. The van der Waals surface area contributed by atoms with Crippen molar-refractivity contribution >= 4 is 23.3 Å². The molecule has 1 aromatic rings. The molecule has 1 aromatic heterocycles. The molecule has 110 valence electrons. The Morgan fingerprint density at radius 2 is 2.20 bits per heavy atom. The highest BCUT2D eigenvalue weighted by Gasteiger charge is 2.29. The molecule has 2 rings (SSSR count). The Hall–Kier alpha value is -1.43. The lowest BCUT2D eigenvalue weighted by Gasteiger charge is -2.39. The van der Waals surface area contributed by atoms with Crippen molar-refractivity contribution in [3.05, 3.63) is 23.0 Å². The van der Waals surface area contributed by atoms with Gasteiger partial charge < -0.3 is 15.8 Å². The van der Waals surface area contributed by atoms with Gasteiger partial charge in [0.2, 0.25) is 0 Å². The van der Waals surface area contributed by atoms with E-state index in [1.807, 2.05) is 31.7 Å². The van der Waals surface area contributed by atoms with Crippen molar-refractivity contribution in [3.63, 3.8) is 0 Å². The minimum absolute atomic E-state index is 0.126. The van der Waals surface area contributed by atoms with Crippen LogP contribution >= 0.6 is 11.8 Å². The number of rotatable bonds is 2. The third-order valence-corrected chi connectivity index (χ3v) is 4.74. The van der Waals surface area contributed by atoms with Crippen molar-refractivity contribution in [3.8, 4) is 0 Å². The van der Waals surface area contributed by atoms with Gasteiger partial charge in [-0.15, -0.1) is 0 Å². The topological polar surface area (TPSA) is 74.7 Å². The summed E-state index contributed by atoms with van der Waals surface area (Å²) in [5, 5.41) is 12.2. The minimum Gasteiger partial charge on any atom is -0.409 e. The molecule has 0 amide bonds. The van der Waals surface area contributed by atoms with Crippen LogP contribution in [0, 0.1) is 13.8 Å². The van der Waals surface area contributed by atoms with Gasteiger partial charge in [0.15, 0.2) is 5.84 Å². The average molecular weight is 294 g/mol. The largest absolute Gasteiger partial charge is 0.409 e. The highest BCUT2D eigenvalue weighted by atomic mass is 32.2. The lowest BCUT2D eigenvalue weighted by molar-refractivity contribution is 0.318. The molecule has 0 saturated carbocycles. The molecule has 1 fully saturated rings. The molecule has 0 spiro atoms. The predicted molar refractivity (Wildman–Crippen MR) is 85.0 cm³/mol. The number of aryl methyl sites for hydroxylation is 2. The lowest BCUT2D eigenvalue weighted by atomic mass is 10.1. The first-order valence-electron chi connectivity index (χ1n) is 6.69. The Labute approximate surface area is 124 Å². The smallest absolute Gasteiger partial charge is 0.174 e. The van der Waals surface area contributed by atoms with Gasteiger partial charge in [-0.2, -0.15) is 11.8 Å². The molecule has 0 aromatic carbocycles. The van der Waals surface area contributed by atoms with Crippen molar-refractivity contribution in [2.24, 2.45) is 10.9 Å². The molecule has 2 heterocycles. The first-order valence-corrected chi connectivity index (χ1v) is 7.67. The number of aromatic nitrogens is 1. The maximum absolute atomic E-state index is 9.02. The van der Waals surface area contributed by atoms with E-state index in [2.05, 4.69) is 28.9 Å². The van der Waals surface area contributed by atoms with Gasteiger partial charge in [-0.25, -0.2) is 0 Å². The summed E-state index contributed by atoms with van der Waals surface area (Å²) >= 11 is 1.98. The number of hydrogen-bond donors (Lipinski definition) is 2. The molecular formula is C14H22N4OS. The molecule has 1 aliphatic rings. The van der Waals surface area contributed by atoms with Crippen LogP contribution in [0.3, 0.4) is 0 Å². The van der Waals surface area contributed by atoms with E-state index in [4.69, 9.17) is 10.9 Å². The number of amidine groups is 1. The van der Waals surface area contributed by atoms with E-state index < -0.39 is 0 Å². The van der Waals surface area contributed by atoms with Crippen molar-refractivity contribution in [2.45, 2.75) is 32.4 Å². The normalized spacial score (nSPS) is 19.2. The van der Waals surface area contributed by atoms with E-state index in [0.717, 1.165) is 41.5 Å². The summed E-state index contributed by atoms with van der Waals surface area (Å²) in [7, 11) is 0. The Balaban J connectivity index is 2.49. The molecule has 0 bridgehead atoms. The molecule has 20 heavy (non-hydrogen) atoms. The van der Waals surface area contributed by atoms with Gasteiger partial charge in [0.25, 0.3) is 0 Å². The van der Waals surface area contributed by atoms with Gasteiger partial charge in [0.1, 0.15) is 0 Å². The molecule has 5 nitrogen and oxygen atoms in total. The Morgan fingerprint density at radius 1 is 1.50 bits per heavy atom. The van der Waals surface area contributed by atoms with Crippen molar-refractivity contribution in [2.75, 3.05) is 23.7 Å². The van der Waals surface area contributed by atoms with Gasteiger partial charge >= 0.3 is 0 Å². The second-order valence-electron chi connectivity index (χ2n) is 5.76. The van der Waals surface area contributed by atoms with E-state index in [1.165, 1.54) is 0 Å². The van der Waals surface area contributed by atoms with Crippen LogP contribution in [0.15, 0.2) is 11.2 Å². The van der Waals surface area contributed by atoms with Gasteiger partial charge in [0, 0.05) is 29.3 Å². The highest BCUT2D eigenvalue weighted by molar-refractivity contribution is 8.00. The van der Waals surface area contributed by atoms with Crippen LogP contribution in [0.5, 0.6) is 0 Å². The first-order chi connectivity index (χ1) is 9.34. The number of thioether (sulfide) groups is 1. The standard InChI is InChI=1S/C14H22N4OS/c1-9-7-11(12(10(2)16-9)13(15)17-19)18-5-6-20-14(3,4)8-18/h7,19H,5-6,8H2,1-4H3,(H2,15,17). The Kier molecular flexibility index (Phi) is 4.13. The average Bonchev–Trinajstić information content (AvgIpc) is 2.35. The fourth-order valence-electron chi connectivity index (χ4n) is 2.65. The third-order valence-electron chi connectivity index (χ3n) is 3.44. The predicted octanol–water partition coefficient (Wildman–Crippen LogP) is 2.12. The number of oxime groups is 1. The first kappa shape index (κ1) is 15.0. The minimum atomic E-state index is 0.126. The second kappa shape index (κ2) is 5.52. The van der Waals surface area contributed by atoms with Crippen LogP contribution in [0.25, 0.3) is 0 Å². The van der Waals surface area contributed by atoms with Crippen molar-refractivity contribution in [1.29, 1.82) is 0 Å². The maximum Gasteiger partial charge on any atom is 0.174 e. The van der Waals surface area contributed by atoms with Crippen LogP contribution in [0.1, 0.15) is 30.8 Å². The van der Waals surface area contributed by atoms with Crippen LogP contribution in [0.4, 0.5) is 5.69 Å². The van der Waals surface area contributed by atoms with Gasteiger partial charge in [-0.3, -0.25) is 4.98 Å². The number of pyridine rings is 1. The van der Waals surface area contributed by atoms with Crippen molar-refractivity contribution < 1.29 is 5.21 Å². The van der Waals surface area contributed by atoms with Gasteiger partial charge in [-0.1, -0.05) is 5.16 Å². The van der Waals surface area contributed by atoms with Crippen molar-refractivity contribution in [1.82, 2.24) is 4.98 Å². The summed E-state index contributed by atoms with van der Waals surface area (Å²) in [4.78, 5) is 6.74. The molecule has 0 aliphatic carbocycles. The molecule has 0 unspecified atom stereocenters. The van der Waals surface area contributed by atoms with E-state index in [9.17, 15) is 0 Å². The SMILES string of the molecule is Cc1cc(N2CCSC(C)(C)C2)c(/C(N)=N/O)c(C)n1. The van der Waals surface area contributed by atoms with Crippen LogP contribution in [0.2, 0.25) is 0 Å². The summed E-state index contributed by atoms with van der Waals surface area (Å²) in [5.41, 5.74) is 9.34. The summed E-state index contributed by atoms with van der Waals surface area (Å²) in [6, 6.07) is 2.02. The molecular weight excluding hydrogens is 272 g/mol. The summed E-state index contributed by atoms with van der Waals surface area (Å²) in [6.45, 7) is 10.3. The monoisotopic (exact) mass is 294 g/mol. The molecule has 1 aliphatic heterocycles. The molecule has 1 saturated heterocycles. The Bertz CT molecular complexity index is 542. The number of nitrogens with two attached hydrogens (primary N) is 1. The number of nitrogens with zero attached hydrogens (tertiary/aromatic N) is 3. The zero-order valence-electron chi connectivity index (χ0n) is 12.5. The fraction of sp³-hybridized carbons (Fsp3) is 0.571. The van der Waals surface area contributed by atoms with E-state index >= 15 is 0 Å². The van der Waals surface area contributed by atoms with E-state index in [0.29, 0.717) is 0 Å². The number of anilines is 1. The zero-order chi connectivity index (χ0) is 14.9. The van der Waals surface area contributed by atoms with E-state index in [1.54, 1.807) is 0 Å². The highest BCUT2D eigenvalue weighted by Crippen LogP contribution is 2.34. The van der Waals surface area contributed by atoms with Gasteiger partial charge in [0.05, 0.1) is 16.9 Å². The van der Waals surface area contributed by atoms with Crippen LogP contribution < -0.4 is 10.6 Å².